The van der Waals surface area contributed by atoms with Crippen LogP contribution >= 0.6 is 0 Å². The van der Waals surface area contributed by atoms with Crippen molar-refractivity contribution in [3.8, 4) is 0 Å². The predicted octanol–water partition coefficient (Wildman–Crippen LogP) is 2.94. The number of nitrogens with one attached hydrogen (secondary N) is 1. The molecule has 5 atom stereocenters. The van der Waals surface area contributed by atoms with Crippen molar-refractivity contribution in [3.63, 3.8) is 0 Å². The van der Waals surface area contributed by atoms with Crippen molar-refractivity contribution in [2.75, 3.05) is 5.32 Å². The number of fused-ring (bicyclic) bond motifs is 5. The van der Waals surface area contributed by atoms with Crippen LogP contribution in [-0.2, 0) is 4.79 Å². The number of amides is 1. The summed E-state index contributed by atoms with van der Waals surface area (Å²) < 4.78 is 0. The molecule has 1 aromatic carbocycles. The number of carbonyl (C=O) groups excluding carboxylic acids is 1. The van der Waals surface area contributed by atoms with Gasteiger partial charge in [0.1, 0.15) is 0 Å². The molecule has 0 saturated heterocycles. The maximum Gasteiger partial charge on any atom is 0.228 e. The average Bonchev–Trinajstić information content (AvgIpc) is 2.89. The third kappa shape index (κ3) is 1.80. The monoisotopic (exact) mass is 270 g/mol. The number of rotatable bonds is 3. The predicted molar refractivity (Wildman–Crippen MR) is 79.0 cm³/mol. The summed E-state index contributed by atoms with van der Waals surface area (Å²) in [5, 5.41) is 3.09. The fraction of sp³-hybridized carbons (Fsp3) is 0.588. The third-order valence-electron chi connectivity index (χ3n) is 5.74. The minimum Gasteiger partial charge on any atom is -0.326 e. The molecule has 3 fully saturated rings. The van der Waals surface area contributed by atoms with E-state index in [4.69, 9.17) is 5.73 Å². The highest BCUT2D eigenvalue weighted by Crippen LogP contribution is 2.69. The molecule has 3 N–H and O–H groups in total. The molecule has 3 heteroatoms. The van der Waals surface area contributed by atoms with E-state index in [-0.39, 0.29) is 11.9 Å². The van der Waals surface area contributed by atoms with Crippen LogP contribution in [0.1, 0.15) is 37.8 Å². The number of benzene rings is 1. The van der Waals surface area contributed by atoms with Crippen LogP contribution in [0.25, 0.3) is 0 Å². The lowest BCUT2D eigenvalue weighted by Gasteiger charge is -2.11. The Morgan fingerprint density at radius 2 is 1.80 bits per heavy atom. The minimum absolute atomic E-state index is 0.0400. The van der Waals surface area contributed by atoms with Gasteiger partial charge in [-0.25, -0.2) is 0 Å². The second-order valence-electron chi connectivity index (χ2n) is 6.91. The highest BCUT2D eigenvalue weighted by molar-refractivity contribution is 5.95. The lowest BCUT2D eigenvalue weighted by Crippen LogP contribution is -2.18. The van der Waals surface area contributed by atoms with Gasteiger partial charge in [-0.3, -0.25) is 4.79 Å². The Labute approximate surface area is 119 Å². The summed E-state index contributed by atoms with van der Waals surface area (Å²) in [7, 11) is 0. The second kappa shape index (κ2) is 4.32. The Morgan fingerprint density at radius 1 is 1.20 bits per heavy atom. The lowest BCUT2D eigenvalue weighted by atomic mass is 10.0. The van der Waals surface area contributed by atoms with Gasteiger partial charge in [0.2, 0.25) is 5.91 Å². The fourth-order valence-corrected chi connectivity index (χ4v) is 4.77. The van der Waals surface area contributed by atoms with E-state index in [0.29, 0.717) is 17.8 Å². The molecule has 5 unspecified atom stereocenters. The topological polar surface area (TPSA) is 55.1 Å². The largest absolute Gasteiger partial charge is 0.326 e. The molecule has 3 saturated carbocycles. The molecule has 0 radical (unpaired) electrons. The maximum atomic E-state index is 12.4. The molecule has 0 aliphatic heterocycles. The summed E-state index contributed by atoms with van der Waals surface area (Å²) in [5.41, 5.74) is 7.84. The van der Waals surface area contributed by atoms with Gasteiger partial charge in [-0.15, -0.1) is 0 Å². The Kier molecular flexibility index (Phi) is 2.68. The summed E-state index contributed by atoms with van der Waals surface area (Å²) in [5.74, 6) is 3.65. The highest BCUT2D eigenvalue weighted by atomic mass is 16.2. The number of hydrogen-bond acceptors (Lipinski definition) is 2. The van der Waals surface area contributed by atoms with Gasteiger partial charge < -0.3 is 11.1 Å². The summed E-state index contributed by atoms with van der Waals surface area (Å²) in [6.45, 7) is 1.97. The Bertz CT molecular complexity index is 520. The zero-order chi connectivity index (χ0) is 13.9. The van der Waals surface area contributed by atoms with Crippen molar-refractivity contribution in [1.29, 1.82) is 0 Å². The molecule has 4 rings (SSSR count). The summed E-state index contributed by atoms with van der Waals surface area (Å²) in [6, 6.07) is 7.96. The first-order valence-corrected chi connectivity index (χ1v) is 7.81. The van der Waals surface area contributed by atoms with E-state index in [1.165, 1.54) is 19.3 Å². The standard InChI is InChI=1S/C17H22N2O/c1-9(18)10-4-6-13(7-5-10)19-17(20)16-14-11-2-3-12(8-11)15(14)16/h4-7,9,11-12,14-16H,2-3,8,18H2,1H3,(H,19,20). The summed E-state index contributed by atoms with van der Waals surface area (Å²) in [6.07, 6.45) is 4.11. The number of carbonyl (C=O) groups is 1. The smallest absolute Gasteiger partial charge is 0.228 e. The van der Waals surface area contributed by atoms with Crippen LogP contribution in [0.15, 0.2) is 24.3 Å². The van der Waals surface area contributed by atoms with Crippen LogP contribution in [0.3, 0.4) is 0 Å². The molecular weight excluding hydrogens is 248 g/mol. The molecule has 106 valence electrons. The van der Waals surface area contributed by atoms with Crippen molar-refractivity contribution in [1.82, 2.24) is 0 Å². The Hall–Kier alpha value is -1.35. The van der Waals surface area contributed by atoms with Crippen molar-refractivity contribution in [2.24, 2.45) is 35.3 Å². The van der Waals surface area contributed by atoms with Gasteiger partial charge in [0.05, 0.1) is 0 Å². The Morgan fingerprint density at radius 3 is 2.35 bits per heavy atom. The molecule has 20 heavy (non-hydrogen) atoms. The van der Waals surface area contributed by atoms with Crippen LogP contribution in [0.4, 0.5) is 5.69 Å². The number of anilines is 1. The van der Waals surface area contributed by atoms with Gasteiger partial charge in [0.15, 0.2) is 0 Å². The van der Waals surface area contributed by atoms with E-state index in [1.807, 2.05) is 31.2 Å². The molecule has 3 aliphatic carbocycles. The minimum atomic E-state index is 0.0400. The van der Waals surface area contributed by atoms with Gasteiger partial charge in [-0.05, 0) is 67.6 Å². The van der Waals surface area contributed by atoms with Gasteiger partial charge in [-0.1, -0.05) is 12.1 Å². The zero-order valence-corrected chi connectivity index (χ0v) is 11.9. The van der Waals surface area contributed by atoms with Gasteiger partial charge >= 0.3 is 0 Å². The quantitative estimate of drug-likeness (QED) is 0.887. The SMILES string of the molecule is CC(N)c1ccc(NC(=O)C2C3C4CCC(C4)C23)cc1. The molecule has 1 amide bonds. The van der Waals surface area contributed by atoms with E-state index < -0.39 is 0 Å². The lowest BCUT2D eigenvalue weighted by molar-refractivity contribution is -0.118. The number of hydrogen-bond donors (Lipinski definition) is 2. The highest BCUT2D eigenvalue weighted by Gasteiger charge is 2.67. The first-order chi connectivity index (χ1) is 9.65. The van der Waals surface area contributed by atoms with Crippen molar-refractivity contribution in [3.05, 3.63) is 29.8 Å². The van der Waals surface area contributed by atoms with E-state index in [9.17, 15) is 4.79 Å². The molecular formula is C17H22N2O. The summed E-state index contributed by atoms with van der Waals surface area (Å²) in [4.78, 5) is 12.4. The summed E-state index contributed by atoms with van der Waals surface area (Å²) >= 11 is 0. The van der Waals surface area contributed by atoms with Gasteiger partial charge in [0, 0.05) is 17.6 Å². The zero-order valence-electron chi connectivity index (χ0n) is 11.9. The molecule has 0 aromatic heterocycles. The molecule has 0 heterocycles. The van der Waals surface area contributed by atoms with Crippen LogP contribution in [0.5, 0.6) is 0 Å². The van der Waals surface area contributed by atoms with E-state index >= 15 is 0 Å². The maximum absolute atomic E-state index is 12.4. The molecule has 3 nitrogen and oxygen atoms in total. The fourth-order valence-electron chi connectivity index (χ4n) is 4.77. The van der Waals surface area contributed by atoms with Crippen molar-refractivity contribution >= 4 is 11.6 Å². The normalized spacial score (nSPS) is 38.4. The van der Waals surface area contributed by atoms with E-state index in [1.54, 1.807) is 0 Å². The van der Waals surface area contributed by atoms with Crippen LogP contribution in [0, 0.1) is 29.6 Å². The van der Waals surface area contributed by atoms with Crippen LogP contribution < -0.4 is 11.1 Å². The Balaban J connectivity index is 1.41. The molecule has 3 aliphatic rings. The molecule has 1 aromatic rings. The first-order valence-electron chi connectivity index (χ1n) is 7.81. The first kappa shape index (κ1) is 12.4. The van der Waals surface area contributed by atoms with Crippen molar-refractivity contribution < 1.29 is 4.79 Å². The number of nitrogens with two attached hydrogens (primary N) is 1. The van der Waals surface area contributed by atoms with Crippen LogP contribution in [0.2, 0.25) is 0 Å². The van der Waals surface area contributed by atoms with Crippen LogP contribution in [-0.4, -0.2) is 5.91 Å². The molecule has 0 spiro atoms. The van der Waals surface area contributed by atoms with E-state index in [0.717, 1.165) is 23.1 Å². The molecule has 2 bridgehead atoms. The second-order valence-corrected chi connectivity index (χ2v) is 6.91. The van der Waals surface area contributed by atoms with E-state index in [2.05, 4.69) is 5.32 Å². The average molecular weight is 270 g/mol. The third-order valence-corrected chi connectivity index (χ3v) is 5.74. The van der Waals surface area contributed by atoms with Gasteiger partial charge in [-0.2, -0.15) is 0 Å². The van der Waals surface area contributed by atoms with Gasteiger partial charge in [0.25, 0.3) is 0 Å². The van der Waals surface area contributed by atoms with Crippen molar-refractivity contribution in [2.45, 2.75) is 32.2 Å².